The smallest absolute Gasteiger partial charge is 0.243 e. The molecule has 4 rings (SSSR count). The summed E-state index contributed by atoms with van der Waals surface area (Å²) in [7, 11) is -3.71. The molecule has 2 unspecified atom stereocenters. The van der Waals surface area contributed by atoms with Crippen molar-refractivity contribution in [3.8, 4) is 0 Å². The van der Waals surface area contributed by atoms with Crippen LogP contribution in [-0.4, -0.2) is 43.6 Å². The van der Waals surface area contributed by atoms with E-state index in [-0.39, 0.29) is 17.4 Å². The van der Waals surface area contributed by atoms with Gasteiger partial charge in [-0.05, 0) is 47.2 Å². The third-order valence-corrected chi connectivity index (χ3v) is 7.67. The Bertz CT molecular complexity index is 1080. The Balaban J connectivity index is 1.49. The molecule has 0 saturated carbocycles. The molecule has 0 amide bonds. The highest BCUT2D eigenvalue weighted by atomic mass is 32.2. The van der Waals surface area contributed by atoms with Crippen LogP contribution in [0.5, 0.6) is 0 Å². The van der Waals surface area contributed by atoms with E-state index in [2.05, 4.69) is 0 Å². The highest BCUT2D eigenvalue weighted by Crippen LogP contribution is 2.30. The van der Waals surface area contributed by atoms with Crippen LogP contribution in [0.3, 0.4) is 0 Å². The van der Waals surface area contributed by atoms with Gasteiger partial charge >= 0.3 is 0 Å². The van der Waals surface area contributed by atoms with Crippen molar-refractivity contribution in [1.29, 1.82) is 0 Å². The lowest BCUT2D eigenvalue weighted by Crippen LogP contribution is -2.49. The van der Waals surface area contributed by atoms with Crippen molar-refractivity contribution in [2.24, 2.45) is 5.92 Å². The Kier molecular flexibility index (Phi) is 6.49. The molecule has 0 aromatic heterocycles. The summed E-state index contributed by atoms with van der Waals surface area (Å²) in [4.78, 5) is 0.269. The van der Waals surface area contributed by atoms with Gasteiger partial charge in [0.2, 0.25) is 10.0 Å². The van der Waals surface area contributed by atoms with Gasteiger partial charge in [0.1, 0.15) is 0 Å². The molecule has 1 N–H and O–H groups in total. The van der Waals surface area contributed by atoms with E-state index >= 15 is 0 Å². The van der Waals surface area contributed by atoms with E-state index < -0.39 is 16.1 Å². The summed E-state index contributed by atoms with van der Waals surface area (Å²) in [6.07, 6.45) is 1.46. The largest absolute Gasteiger partial charge is 0.395 e. The van der Waals surface area contributed by atoms with Crippen molar-refractivity contribution >= 4 is 20.8 Å². The summed E-state index contributed by atoms with van der Waals surface area (Å²) in [6, 6.07) is 22.5. The molecule has 5 nitrogen and oxygen atoms in total. The van der Waals surface area contributed by atoms with Crippen LogP contribution in [0.15, 0.2) is 77.7 Å². The van der Waals surface area contributed by atoms with Crippen molar-refractivity contribution in [3.63, 3.8) is 0 Å². The molecule has 0 aliphatic carbocycles. The van der Waals surface area contributed by atoms with Gasteiger partial charge in [0, 0.05) is 12.6 Å². The molecule has 1 heterocycles. The number of hydrogen-bond donors (Lipinski definition) is 1. The van der Waals surface area contributed by atoms with Crippen molar-refractivity contribution < 1.29 is 18.3 Å². The van der Waals surface area contributed by atoms with E-state index in [4.69, 9.17) is 4.74 Å². The fraction of sp³-hybridized carbons (Fsp3) is 0.333. The molecule has 0 bridgehead atoms. The van der Waals surface area contributed by atoms with Gasteiger partial charge in [-0.2, -0.15) is 4.31 Å². The third kappa shape index (κ3) is 4.57. The van der Waals surface area contributed by atoms with Crippen LogP contribution in [0.25, 0.3) is 10.8 Å². The number of sulfonamides is 1. The van der Waals surface area contributed by atoms with Crippen LogP contribution < -0.4 is 0 Å². The maximum absolute atomic E-state index is 13.4. The van der Waals surface area contributed by atoms with Crippen LogP contribution in [0, 0.1) is 5.92 Å². The number of piperidine rings is 1. The fourth-order valence-electron chi connectivity index (χ4n) is 4.06. The van der Waals surface area contributed by atoms with Gasteiger partial charge in [-0.25, -0.2) is 8.42 Å². The lowest BCUT2D eigenvalue weighted by atomic mass is 9.96. The Morgan fingerprint density at radius 1 is 0.933 bits per heavy atom. The summed E-state index contributed by atoms with van der Waals surface area (Å²) < 4.78 is 34.2. The van der Waals surface area contributed by atoms with Gasteiger partial charge in [0.05, 0.1) is 24.7 Å². The average molecular weight is 426 g/mol. The maximum atomic E-state index is 13.4. The molecule has 3 aromatic rings. The third-order valence-electron chi connectivity index (χ3n) is 5.76. The number of benzene rings is 3. The van der Waals surface area contributed by atoms with Crippen molar-refractivity contribution in [2.45, 2.75) is 30.4 Å². The van der Waals surface area contributed by atoms with E-state index in [0.29, 0.717) is 26.2 Å². The summed E-state index contributed by atoms with van der Waals surface area (Å²) in [5.41, 5.74) is 1.10. The van der Waals surface area contributed by atoms with Crippen molar-refractivity contribution in [3.05, 3.63) is 78.4 Å². The van der Waals surface area contributed by atoms with Gasteiger partial charge in [0.25, 0.3) is 0 Å². The normalized spacial score (nSPS) is 20.4. The molecule has 6 heteroatoms. The molecule has 1 fully saturated rings. The summed E-state index contributed by atoms with van der Waals surface area (Å²) in [5.74, 6) is 0.103. The van der Waals surface area contributed by atoms with E-state index in [9.17, 15) is 13.5 Å². The van der Waals surface area contributed by atoms with E-state index in [0.717, 1.165) is 22.8 Å². The van der Waals surface area contributed by atoms with Crippen molar-refractivity contribution in [2.75, 3.05) is 19.8 Å². The second-order valence-electron chi connectivity index (χ2n) is 7.86. The molecule has 2 atom stereocenters. The van der Waals surface area contributed by atoms with Crippen LogP contribution >= 0.6 is 0 Å². The topological polar surface area (TPSA) is 66.8 Å². The first-order chi connectivity index (χ1) is 14.6. The summed E-state index contributed by atoms with van der Waals surface area (Å²) >= 11 is 0. The molecule has 30 heavy (non-hydrogen) atoms. The highest BCUT2D eigenvalue weighted by molar-refractivity contribution is 7.89. The second kappa shape index (κ2) is 9.27. The molecule has 0 radical (unpaired) electrons. The van der Waals surface area contributed by atoms with Gasteiger partial charge < -0.3 is 9.84 Å². The number of aliphatic hydroxyl groups is 1. The van der Waals surface area contributed by atoms with E-state index in [1.54, 1.807) is 12.1 Å². The fourth-order valence-corrected chi connectivity index (χ4v) is 5.82. The number of fused-ring (bicyclic) bond motifs is 1. The number of ether oxygens (including phenoxy) is 1. The van der Waals surface area contributed by atoms with Gasteiger partial charge in [-0.1, -0.05) is 60.7 Å². The zero-order valence-electron chi connectivity index (χ0n) is 16.9. The molecule has 0 spiro atoms. The average Bonchev–Trinajstić information content (AvgIpc) is 2.79. The number of rotatable bonds is 7. The quantitative estimate of drug-likeness (QED) is 0.625. The highest BCUT2D eigenvalue weighted by Gasteiger charge is 2.36. The van der Waals surface area contributed by atoms with Crippen molar-refractivity contribution in [1.82, 2.24) is 4.31 Å². The minimum absolute atomic E-state index is 0.103. The number of nitrogens with zero attached hydrogens (tertiary/aromatic N) is 1. The molecule has 158 valence electrons. The first-order valence-electron chi connectivity index (χ1n) is 10.3. The van der Waals surface area contributed by atoms with Gasteiger partial charge in [-0.3, -0.25) is 0 Å². The molecule has 1 aliphatic rings. The van der Waals surface area contributed by atoms with Gasteiger partial charge in [0.15, 0.2) is 0 Å². The van der Waals surface area contributed by atoms with E-state index in [1.807, 2.05) is 60.7 Å². The SMILES string of the molecule is O=S(=O)(c1ccc2ccccc2c1)N1CC(COCc2ccccc2)CCC1CO. The van der Waals surface area contributed by atoms with Crippen LogP contribution in [-0.2, 0) is 21.4 Å². The Hall–Kier alpha value is -2.25. The lowest BCUT2D eigenvalue weighted by molar-refractivity contribution is 0.0466. The minimum Gasteiger partial charge on any atom is -0.395 e. The minimum atomic E-state index is -3.71. The molecule has 1 saturated heterocycles. The molecular formula is C24H27NO4S. The zero-order chi connectivity index (χ0) is 21.0. The Morgan fingerprint density at radius 3 is 2.43 bits per heavy atom. The lowest BCUT2D eigenvalue weighted by Gasteiger charge is -2.37. The monoisotopic (exact) mass is 425 g/mol. The Labute approximate surface area is 178 Å². The van der Waals surface area contributed by atoms with E-state index in [1.165, 1.54) is 4.31 Å². The van der Waals surface area contributed by atoms with Crippen LogP contribution in [0.4, 0.5) is 0 Å². The molecule has 3 aromatic carbocycles. The first kappa shape index (κ1) is 21.0. The number of hydrogen-bond acceptors (Lipinski definition) is 4. The molecular weight excluding hydrogens is 398 g/mol. The number of aliphatic hydroxyl groups excluding tert-OH is 1. The maximum Gasteiger partial charge on any atom is 0.243 e. The van der Waals surface area contributed by atoms with Crippen LogP contribution in [0.2, 0.25) is 0 Å². The predicted molar refractivity (Wildman–Crippen MR) is 118 cm³/mol. The predicted octanol–water partition coefficient (Wildman–Crippen LogP) is 3.82. The molecule has 1 aliphatic heterocycles. The first-order valence-corrected chi connectivity index (χ1v) is 11.7. The standard InChI is InChI=1S/C24H27NO4S/c26-16-23-12-10-20(18-29-17-19-6-2-1-3-7-19)15-25(23)30(27,28)24-13-11-21-8-4-5-9-22(21)14-24/h1-9,11,13-14,20,23,26H,10,12,15-18H2. The summed E-state index contributed by atoms with van der Waals surface area (Å²) in [5, 5.41) is 11.7. The van der Waals surface area contributed by atoms with Crippen LogP contribution in [0.1, 0.15) is 18.4 Å². The Morgan fingerprint density at radius 2 is 1.67 bits per heavy atom. The summed E-state index contributed by atoms with van der Waals surface area (Å²) in [6.45, 7) is 1.19. The van der Waals surface area contributed by atoms with Gasteiger partial charge in [-0.15, -0.1) is 0 Å². The second-order valence-corrected chi connectivity index (χ2v) is 9.75. The zero-order valence-corrected chi connectivity index (χ0v) is 17.7.